The van der Waals surface area contributed by atoms with E-state index in [0.717, 1.165) is 25.2 Å². The lowest BCUT2D eigenvalue weighted by Crippen LogP contribution is -2.33. The molecule has 116 valence electrons. The van der Waals surface area contributed by atoms with Gasteiger partial charge in [0.25, 0.3) is 0 Å². The first kappa shape index (κ1) is 15.9. The number of carbonyl (C=O) groups excluding carboxylic acids is 1. The van der Waals surface area contributed by atoms with E-state index in [1.165, 1.54) is 0 Å². The van der Waals surface area contributed by atoms with E-state index >= 15 is 0 Å². The van der Waals surface area contributed by atoms with E-state index < -0.39 is 6.29 Å². The Labute approximate surface area is 126 Å². The van der Waals surface area contributed by atoms with E-state index in [-0.39, 0.29) is 11.8 Å². The molecule has 0 aliphatic carbocycles. The molecule has 5 heteroatoms. The molecule has 1 aromatic carbocycles. The Morgan fingerprint density at radius 1 is 1.33 bits per heavy atom. The molecule has 2 rings (SSSR count). The zero-order valence-corrected chi connectivity index (χ0v) is 12.5. The minimum absolute atomic E-state index is 0.0368. The number of para-hydroxylation sites is 1. The molecule has 1 saturated heterocycles. The molecule has 1 aliphatic rings. The molecule has 21 heavy (non-hydrogen) atoms. The second-order valence-electron chi connectivity index (χ2n) is 5.11. The quantitative estimate of drug-likeness (QED) is 0.720. The highest BCUT2D eigenvalue weighted by Gasteiger charge is 2.34. The van der Waals surface area contributed by atoms with Gasteiger partial charge >= 0.3 is 0 Å². The van der Waals surface area contributed by atoms with Gasteiger partial charge in [-0.25, -0.2) is 0 Å². The third-order valence-electron chi connectivity index (χ3n) is 3.41. The summed E-state index contributed by atoms with van der Waals surface area (Å²) in [6.45, 7) is 5.01. The van der Waals surface area contributed by atoms with Gasteiger partial charge in [-0.2, -0.15) is 0 Å². The van der Waals surface area contributed by atoms with E-state index in [2.05, 4.69) is 17.6 Å². The summed E-state index contributed by atoms with van der Waals surface area (Å²) in [5.74, 6) is -0.276. The second kappa shape index (κ2) is 8.77. The Hall–Kier alpha value is -1.43. The van der Waals surface area contributed by atoms with Crippen LogP contribution < -0.4 is 10.6 Å². The summed E-state index contributed by atoms with van der Waals surface area (Å²) in [6.07, 6.45) is 1.37. The Balaban J connectivity index is 1.76. The van der Waals surface area contributed by atoms with Gasteiger partial charge in [0.1, 0.15) is 0 Å². The van der Waals surface area contributed by atoms with Crippen LogP contribution in [0.4, 0.5) is 5.69 Å². The Bertz CT molecular complexity index is 425. The summed E-state index contributed by atoms with van der Waals surface area (Å²) in [6, 6.07) is 9.46. The fraction of sp³-hybridized carbons (Fsp3) is 0.562. The Morgan fingerprint density at radius 2 is 2.14 bits per heavy atom. The third kappa shape index (κ3) is 5.12. The van der Waals surface area contributed by atoms with Gasteiger partial charge in [-0.05, 0) is 31.5 Å². The fourth-order valence-electron chi connectivity index (χ4n) is 2.29. The van der Waals surface area contributed by atoms with E-state index in [1.54, 1.807) is 0 Å². The van der Waals surface area contributed by atoms with Crippen LogP contribution in [0.25, 0.3) is 0 Å². The normalized spacial score (nSPS) is 21.4. The summed E-state index contributed by atoms with van der Waals surface area (Å²) in [7, 11) is 0. The van der Waals surface area contributed by atoms with Crippen molar-refractivity contribution in [3.05, 3.63) is 30.3 Å². The Kier molecular flexibility index (Phi) is 6.66. The number of anilines is 1. The molecule has 0 spiro atoms. The number of ether oxygens (including phenoxy) is 2. The number of carbonyl (C=O) groups is 1. The summed E-state index contributed by atoms with van der Waals surface area (Å²) >= 11 is 0. The maximum Gasteiger partial charge on any atom is 0.232 e. The molecule has 2 N–H and O–H groups in total. The van der Waals surface area contributed by atoms with Crippen molar-refractivity contribution in [2.24, 2.45) is 5.92 Å². The highest BCUT2D eigenvalue weighted by atomic mass is 16.7. The van der Waals surface area contributed by atoms with E-state index in [9.17, 15) is 4.79 Å². The van der Waals surface area contributed by atoms with E-state index in [4.69, 9.17) is 9.47 Å². The topological polar surface area (TPSA) is 59.6 Å². The predicted molar refractivity (Wildman–Crippen MR) is 82.0 cm³/mol. The van der Waals surface area contributed by atoms with Crippen molar-refractivity contribution < 1.29 is 14.3 Å². The van der Waals surface area contributed by atoms with Crippen LogP contribution in [-0.4, -0.2) is 38.5 Å². The molecule has 1 heterocycles. The molecule has 0 saturated carbocycles. The first-order valence-electron chi connectivity index (χ1n) is 7.61. The van der Waals surface area contributed by atoms with Crippen molar-refractivity contribution in [3.8, 4) is 0 Å². The maximum absolute atomic E-state index is 12.3. The SMILES string of the molecule is CCCNCCOC1OCCC1C(=O)Nc1ccccc1. The third-order valence-corrected chi connectivity index (χ3v) is 3.41. The predicted octanol–water partition coefficient (Wildman–Crippen LogP) is 2.00. The Morgan fingerprint density at radius 3 is 2.90 bits per heavy atom. The average molecular weight is 292 g/mol. The van der Waals surface area contributed by atoms with Crippen molar-refractivity contribution in [1.82, 2.24) is 5.32 Å². The average Bonchev–Trinajstić information content (AvgIpc) is 2.96. The number of benzene rings is 1. The number of rotatable bonds is 8. The summed E-state index contributed by atoms with van der Waals surface area (Å²) in [4.78, 5) is 12.3. The van der Waals surface area contributed by atoms with Crippen LogP contribution in [0, 0.1) is 5.92 Å². The summed E-state index contributed by atoms with van der Waals surface area (Å²) in [5, 5.41) is 6.17. The highest BCUT2D eigenvalue weighted by molar-refractivity contribution is 5.92. The zero-order valence-electron chi connectivity index (χ0n) is 12.5. The van der Waals surface area contributed by atoms with Crippen molar-refractivity contribution in [3.63, 3.8) is 0 Å². The number of hydrogen-bond donors (Lipinski definition) is 2. The molecule has 1 amide bonds. The van der Waals surface area contributed by atoms with Crippen molar-refractivity contribution >= 4 is 11.6 Å². The van der Waals surface area contributed by atoms with Gasteiger partial charge in [-0.3, -0.25) is 4.79 Å². The monoisotopic (exact) mass is 292 g/mol. The summed E-state index contributed by atoms with van der Waals surface area (Å²) < 4.78 is 11.2. The van der Waals surface area contributed by atoms with Gasteiger partial charge in [0.05, 0.1) is 19.1 Å². The van der Waals surface area contributed by atoms with Crippen LogP contribution in [0.3, 0.4) is 0 Å². The van der Waals surface area contributed by atoms with Crippen molar-refractivity contribution in [2.75, 3.05) is 31.6 Å². The molecule has 0 radical (unpaired) electrons. The zero-order chi connectivity index (χ0) is 14.9. The van der Waals surface area contributed by atoms with Crippen LogP contribution in [0.15, 0.2) is 30.3 Å². The highest BCUT2D eigenvalue weighted by Crippen LogP contribution is 2.23. The largest absolute Gasteiger partial charge is 0.352 e. The van der Waals surface area contributed by atoms with Gasteiger partial charge < -0.3 is 20.1 Å². The first-order valence-corrected chi connectivity index (χ1v) is 7.61. The van der Waals surface area contributed by atoms with E-state index in [0.29, 0.717) is 19.6 Å². The smallest absolute Gasteiger partial charge is 0.232 e. The number of hydrogen-bond acceptors (Lipinski definition) is 4. The van der Waals surface area contributed by atoms with Crippen LogP contribution in [-0.2, 0) is 14.3 Å². The first-order chi connectivity index (χ1) is 10.3. The van der Waals surface area contributed by atoms with E-state index in [1.807, 2.05) is 30.3 Å². The van der Waals surface area contributed by atoms with Gasteiger partial charge in [0.2, 0.25) is 5.91 Å². The molecule has 1 aliphatic heterocycles. The van der Waals surface area contributed by atoms with Gasteiger partial charge in [-0.15, -0.1) is 0 Å². The summed E-state index contributed by atoms with van der Waals surface area (Å²) in [5.41, 5.74) is 0.803. The van der Waals surface area contributed by atoms with Gasteiger partial charge in [0, 0.05) is 12.2 Å². The lowest BCUT2D eigenvalue weighted by molar-refractivity contribution is -0.146. The van der Waals surface area contributed by atoms with Gasteiger partial charge in [0.15, 0.2) is 6.29 Å². The molecular weight excluding hydrogens is 268 g/mol. The van der Waals surface area contributed by atoms with Crippen LogP contribution in [0.2, 0.25) is 0 Å². The molecular formula is C16H24N2O3. The van der Waals surface area contributed by atoms with Crippen molar-refractivity contribution in [2.45, 2.75) is 26.1 Å². The van der Waals surface area contributed by atoms with Crippen LogP contribution in [0.1, 0.15) is 19.8 Å². The lowest BCUT2D eigenvalue weighted by Gasteiger charge is -2.18. The second-order valence-corrected chi connectivity index (χ2v) is 5.11. The molecule has 2 unspecified atom stereocenters. The lowest BCUT2D eigenvalue weighted by atomic mass is 10.1. The minimum Gasteiger partial charge on any atom is -0.352 e. The molecule has 0 bridgehead atoms. The maximum atomic E-state index is 12.3. The fourth-order valence-corrected chi connectivity index (χ4v) is 2.29. The minimum atomic E-state index is -0.433. The van der Waals surface area contributed by atoms with Crippen molar-refractivity contribution in [1.29, 1.82) is 0 Å². The number of amides is 1. The molecule has 0 aromatic heterocycles. The molecule has 1 fully saturated rings. The molecule has 2 atom stereocenters. The number of nitrogens with one attached hydrogen (secondary N) is 2. The van der Waals surface area contributed by atoms with Gasteiger partial charge in [-0.1, -0.05) is 25.1 Å². The molecule has 1 aromatic rings. The molecule has 5 nitrogen and oxygen atoms in total. The van der Waals surface area contributed by atoms with Crippen LogP contribution in [0.5, 0.6) is 0 Å². The standard InChI is InChI=1S/C16H24N2O3/c1-2-9-17-10-12-21-16-14(8-11-20-16)15(19)18-13-6-4-3-5-7-13/h3-7,14,16-17H,2,8-12H2,1H3,(H,18,19). The van der Waals surface area contributed by atoms with Crippen LogP contribution >= 0.6 is 0 Å².